The standard InChI is InChI=1S/C27H30N2O5/c1-17-15-18(24(30)31)11-14-29(17)25(32)27(12-6-13-27)28-26(33)34-16-23-21-9-4-2-7-19(21)20-8-3-5-10-22(20)23/h2-5,7-10,17-18,23H,6,11-16H2,1H3,(H,28,33)(H,30,31)/t17-,18-/m0/s1. The number of piperidine rings is 1. The molecule has 7 nitrogen and oxygen atoms in total. The van der Waals surface area contributed by atoms with Gasteiger partial charge in [0.2, 0.25) is 5.91 Å². The summed E-state index contributed by atoms with van der Waals surface area (Å²) in [4.78, 5) is 39.4. The fourth-order valence-corrected chi connectivity index (χ4v) is 5.73. The average molecular weight is 463 g/mol. The highest BCUT2D eigenvalue weighted by Gasteiger charge is 2.50. The van der Waals surface area contributed by atoms with E-state index < -0.39 is 23.5 Å². The number of carboxylic acid groups (broad SMARTS) is 1. The summed E-state index contributed by atoms with van der Waals surface area (Å²) in [7, 11) is 0. The van der Waals surface area contributed by atoms with Crippen molar-refractivity contribution in [3.63, 3.8) is 0 Å². The third-order valence-electron chi connectivity index (χ3n) is 7.79. The maximum absolute atomic E-state index is 13.4. The van der Waals surface area contributed by atoms with Gasteiger partial charge in [-0.05, 0) is 61.3 Å². The van der Waals surface area contributed by atoms with Gasteiger partial charge in [-0.3, -0.25) is 9.59 Å². The molecule has 0 radical (unpaired) electrons. The summed E-state index contributed by atoms with van der Waals surface area (Å²) in [5.74, 6) is -1.40. The third-order valence-corrected chi connectivity index (χ3v) is 7.79. The molecule has 0 unspecified atom stereocenters. The molecule has 1 aliphatic heterocycles. The van der Waals surface area contributed by atoms with Gasteiger partial charge in [0.25, 0.3) is 0 Å². The molecule has 0 spiro atoms. The molecule has 0 aromatic heterocycles. The highest BCUT2D eigenvalue weighted by molar-refractivity contribution is 5.91. The molecule has 3 aliphatic rings. The molecule has 2 fully saturated rings. The van der Waals surface area contributed by atoms with E-state index in [1.54, 1.807) is 4.90 Å². The number of carbonyl (C=O) groups excluding carboxylic acids is 2. The third kappa shape index (κ3) is 3.83. The Morgan fingerprint density at radius 1 is 1.06 bits per heavy atom. The molecule has 1 heterocycles. The van der Waals surface area contributed by atoms with E-state index in [0.717, 1.165) is 28.7 Å². The number of nitrogens with one attached hydrogen (secondary N) is 1. The van der Waals surface area contributed by atoms with Gasteiger partial charge in [0.1, 0.15) is 12.1 Å². The van der Waals surface area contributed by atoms with Gasteiger partial charge in [0, 0.05) is 18.5 Å². The van der Waals surface area contributed by atoms with Crippen LogP contribution in [0.2, 0.25) is 0 Å². The minimum atomic E-state index is -0.951. The zero-order chi connectivity index (χ0) is 23.9. The monoisotopic (exact) mass is 462 g/mol. The number of hydrogen-bond donors (Lipinski definition) is 2. The molecule has 7 heteroatoms. The number of benzene rings is 2. The van der Waals surface area contributed by atoms with Crippen LogP contribution in [0.3, 0.4) is 0 Å². The fraction of sp³-hybridized carbons (Fsp3) is 0.444. The summed E-state index contributed by atoms with van der Waals surface area (Å²) >= 11 is 0. The van der Waals surface area contributed by atoms with Gasteiger partial charge in [-0.1, -0.05) is 48.5 Å². The van der Waals surface area contributed by atoms with E-state index in [1.165, 1.54) is 0 Å². The van der Waals surface area contributed by atoms with E-state index in [1.807, 2.05) is 31.2 Å². The molecule has 178 valence electrons. The molecule has 5 rings (SSSR count). The largest absolute Gasteiger partial charge is 0.481 e. The topological polar surface area (TPSA) is 95.9 Å². The number of amides is 2. The van der Waals surface area contributed by atoms with Crippen molar-refractivity contribution in [2.24, 2.45) is 5.92 Å². The Morgan fingerprint density at radius 2 is 1.68 bits per heavy atom. The Labute approximate surface area is 199 Å². The molecule has 2 N–H and O–H groups in total. The van der Waals surface area contributed by atoms with Crippen molar-refractivity contribution in [2.75, 3.05) is 13.2 Å². The van der Waals surface area contributed by atoms with Crippen LogP contribution in [0.25, 0.3) is 11.1 Å². The average Bonchev–Trinajstić information content (AvgIpc) is 3.13. The van der Waals surface area contributed by atoms with Gasteiger partial charge >= 0.3 is 12.1 Å². The van der Waals surface area contributed by atoms with Crippen LogP contribution < -0.4 is 5.32 Å². The van der Waals surface area contributed by atoms with Crippen LogP contribution in [-0.2, 0) is 14.3 Å². The van der Waals surface area contributed by atoms with Crippen molar-refractivity contribution in [2.45, 2.75) is 56.5 Å². The number of rotatable bonds is 5. The lowest BCUT2D eigenvalue weighted by atomic mass is 9.74. The van der Waals surface area contributed by atoms with Gasteiger partial charge in [-0.2, -0.15) is 0 Å². The molecule has 1 saturated carbocycles. The quantitative estimate of drug-likeness (QED) is 0.696. The number of ether oxygens (including phenoxy) is 1. The Balaban J connectivity index is 1.25. The predicted octanol–water partition coefficient (Wildman–Crippen LogP) is 4.16. The molecule has 2 amide bonds. The van der Waals surface area contributed by atoms with Crippen LogP contribution in [-0.4, -0.2) is 52.7 Å². The van der Waals surface area contributed by atoms with Gasteiger partial charge < -0.3 is 20.1 Å². The summed E-state index contributed by atoms with van der Waals surface area (Å²) in [5.41, 5.74) is 3.66. The maximum atomic E-state index is 13.4. The second kappa shape index (κ2) is 8.78. The number of aliphatic carboxylic acids is 1. The number of carbonyl (C=O) groups is 3. The second-order valence-corrected chi connectivity index (χ2v) is 9.79. The van der Waals surface area contributed by atoms with Crippen LogP contribution in [0, 0.1) is 5.92 Å². The number of alkyl carbamates (subject to hydrolysis) is 1. The summed E-state index contributed by atoms with van der Waals surface area (Å²) in [6.45, 7) is 2.47. The summed E-state index contributed by atoms with van der Waals surface area (Å²) in [5, 5.41) is 12.2. The van der Waals surface area contributed by atoms with Crippen molar-refractivity contribution in [3.8, 4) is 11.1 Å². The molecule has 2 atom stereocenters. The normalized spacial score (nSPS) is 22.8. The summed E-state index contributed by atoms with van der Waals surface area (Å²) in [6.07, 6.45) is 2.29. The van der Waals surface area contributed by atoms with E-state index in [9.17, 15) is 19.5 Å². The van der Waals surface area contributed by atoms with Crippen LogP contribution in [0.4, 0.5) is 4.79 Å². The SMILES string of the molecule is C[C@H]1C[C@@H](C(=O)O)CCN1C(=O)C1(NC(=O)OCC2c3ccccc3-c3ccccc32)CCC1. The Bertz CT molecular complexity index is 1080. The highest BCUT2D eigenvalue weighted by Crippen LogP contribution is 2.44. The lowest BCUT2D eigenvalue weighted by Crippen LogP contribution is -2.65. The maximum Gasteiger partial charge on any atom is 0.408 e. The van der Waals surface area contributed by atoms with Crippen LogP contribution >= 0.6 is 0 Å². The minimum absolute atomic E-state index is 0.0405. The van der Waals surface area contributed by atoms with E-state index in [0.29, 0.717) is 32.2 Å². The fourth-order valence-electron chi connectivity index (χ4n) is 5.73. The van der Waals surface area contributed by atoms with Crippen LogP contribution in [0.1, 0.15) is 56.1 Å². The lowest BCUT2D eigenvalue weighted by molar-refractivity contribution is -0.152. The van der Waals surface area contributed by atoms with Gasteiger partial charge in [0.15, 0.2) is 0 Å². The van der Waals surface area contributed by atoms with E-state index in [4.69, 9.17) is 4.74 Å². The zero-order valence-electron chi connectivity index (χ0n) is 19.3. The number of fused-ring (bicyclic) bond motifs is 3. The first-order valence-corrected chi connectivity index (χ1v) is 12.1. The lowest BCUT2D eigenvalue weighted by Gasteiger charge is -2.47. The molecular weight excluding hydrogens is 432 g/mol. The Morgan fingerprint density at radius 3 is 2.21 bits per heavy atom. The Hall–Kier alpha value is -3.35. The number of nitrogens with zero attached hydrogens (tertiary/aromatic N) is 1. The van der Waals surface area contributed by atoms with Crippen molar-refractivity contribution in [3.05, 3.63) is 59.7 Å². The van der Waals surface area contributed by atoms with Gasteiger partial charge in [-0.25, -0.2) is 4.79 Å². The second-order valence-electron chi connectivity index (χ2n) is 9.79. The van der Waals surface area contributed by atoms with Gasteiger partial charge in [-0.15, -0.1) is 0 Å². The summed E-state index contributed by atoms with van der Waals surface area (Å²) in [6, 6.07) is 16.2. The minimum Gasteiger partial charge on any atom is -0.481 e. The van der Waals surface area contributed by atoms with Crippen molar-refractivity contribution in [1.82, 2.24) is 10.2 Å². The molecule has 2 aromatic rings. The van der Waals surface area contributed by atoms with E-state index in [-0.39, 0.29) is 24.5 Å². The molecule has 0 bridgehead atoms. The summed E-state index contributed by atoms with van der Waals surface area (Å²) < 4.78 is 5.69. The van der Waals surface area contributed by atoms with Crippen LogP contribution in [0.5, 0.6) is 0 Å². The first kappa shape index (κ1) is 22.4. The molecule has 2 aliphatic carbocycles. The van der Waals surface area contributed by atoms with E-state index >= 15 is 0 Å². The molecule has 34 heavy (non-hydrogen) atoms. The highest BCUT2D eigenvalue weighted by atomic mass is 16.5. The predicted molar refractivity (Wildman–Crippen MR) is 126 cm³/mol. The van der Waals surface area contributed by atoms with Crippen LogP contribution in [0.15, 0.2) is 48.5 Å². The van der Waals surface area contributed by atoms with Gasteiger partial charge in [0.05, 0.1) is 5.92 Å². The first-order chi connectivity index (χ1) is 16.4. The van der Waals surface area contributed by atoms with Crippen molar-refractivity contribution >= 4 is 18.0 Å². The smallest absolute Gasteiger partial charge is 0.408 e. The number of hydrogen-bond acceptors (Lipinski definition) is 4. The first-order valence-electron chi connectivity index (χ1n) is 12.1. The number of carboxylic acids is 1. The van der Waals surface area contributed by atoms with Crippen molar-refractivity contribution in [1.29, 1.82) is 0 Å². The Kier molecular flexibility index (Phi) is 5.80. The molecule has 1 saturated heterocycles. The molecule has 2 aromatic carbocycles. The number of likely N-dealkylation sites (tertiary alicyclic amines) is 1. The van der Waals surface area contributed by atoms with Crippen molar-refractivity contribution < 1.29 is 24.2 Å². The van der Waals surface area contributed by atoms with E-state index in [2.05, 4.69) is 29.6 Å². The zero-order valence-corrected chi connectivity index (χ0v) is 19.3. The molecular formula is C27H30N2O5.